The molecular formula is C29H32ClN3O3. The van der Waals surface area contributed by atoms with E-state index in [4.69, 9.17) is 16.3 Å². The van der Waals surface area contributed by atoms with Crippen molar-refractivity contribution in [2.45, 2.75) is 62.8 Å². The van der Waals surface area contributed by atoms with E-state index in [-0.39, 0.29) is 5.41 Å². The van der Waals surface area contributed by atoms with Crippen molar-refractivity contribution in [2.75, 3.05) is 11.9 Å². The van der Waals surface area contributed by atoms with E-state index in [1.165, 1.54) is 17.5 Å². The minimum Gasteiger partial charge on any atom is -0.480 e. The molecule has 7 heteroatoms. The number of carboxylic acid groups (broad SMARTS) is 1. The zero-order valence-electron chi connectivity index (χ0n) is 20.5. The lowest BCUT2D eigenvalue weighted by Gasteiger charge is -2.47. The number of anilines is 1. The number of benzene rings is 2. The number of aliphatic carboxylic acids is 1. The van der Waals surface area contributed by atoms with E-state index in [9.17, 15) is 9.90 Å². The molecule has 0 saturated heterocycles. The first-order valence-electron chi connectivity index (χ1n) is 12.7. The average Bonchev–Trinajstić information content (AvgIpc) is 3.17. The Labute approximate surface area is 217 Å². The number of halogens is 1. The number of aromatic nitrogens is 2. The number of rotatable bonds is 8. The smallest absolute Gasteiger partial charge is 0.329 e. The standard InChI is InChI=1S/C29H32ClN3O3/c1-20-18-31-19-32-26(20)36-15-5-7-22-16-21-6-2-3-10-25(21)28(22)11-13-29(14-12-28,27(34)35)33-24-9-4-8-23(30)17-24/h2-4,6,8-10,17-19,22,33H,5,7,11-16H2,1H3,(H,34,35). The van der Waals surface area contributed by atoms with Crippen LogP contribution in [-0.2, 0) is 16.6 Å². The van der Waals surface area contributed by atoms with Crippen LogP contribution in [0, 0.1) is 12.8 Å². The molecule has 1 unspecified atom stereocenters. The second kappa shape index (κ2) is 10.1. The molecule has 3 aromatic rings. The number of ether oxygens (including phenoxy) is 1. The van der Waals surface area contributed by atoms with Crippen LogP contribution in [0.3, 0.4) is 0 Å². The van der Waals surface area contributed by atoms with E-state index < -0.39 is 11.5 Å². The highest BCUT2D eigenvalue weighted by molar-refractivity contribution is 6.30. The van der Waals surface area contributed by atoms with Crippen molar-refractivity contribution in [3.63, 3.8) is 0 Å². The van der Waals surface area contributed by atoms with Gasteiger partial charge in [-0.2, -0.15) is 0 Å². The van der Waals surface area contributed by atoms with Crippen LogP contribution in [0.2, 0.25) is 5.02 Å². The van der Waals surface area contributed by atoms with E-state index in [1.54, 1.807) is 18.3 Å². The molecule has 2 N–H and O–H groups in total. The number of fused-ring (bicyclic) bond motifs is 2. The first-order valence-corrected chi connectivity index (χ1v) is 13.0. The number of aryl methyl sites for hydroxylation is 1. The molecule has 1 heterocycles. The van der Waals surface area contributed by atoms with E-state index in [2.05, 4.69) is 39.6 Å². The van der Waals surface area contributed by atoms with Gasteiger partial charge in [0.1, 0.15) is 11.9 Å². The van der Waals surface area contributed by atoms with E-state index in [1.807, 2.05) is 19.1 Å². The molecule has 1 saturated carbocycles. The minimum absolute atomic E-state index is 0.00358. The number of nitrogens with zero attached hydrogens (tertiary/aromatic N) is 2. The van der Waals surface area contributed by atoms with Crippen molar-refractivity contribution in [2.24, 2.45) is 5.92 Å². The van der Waals surface area contributed by atoms with Crippen molar-refractivity contribution in [1.82, 2.24) is 9.97 Å². The normalized spacial score (nSPS) is 24.9. The molecule has 1 fully saturated rings. The van der Waals surface area contributed by atoms with Gasteiger partial charge in [-0.3, -0.25) is 0 Å². The summed E-state index contributed by atoms with van der Waals surface area (Å²) >= 11 is 6.16. The summed E-state index contributed by atoms with van der Waals surface area (Å²) in [7, 11) is 0. The van der Waals surface area contributed by atoms with Crippen LogP contribution in [0.5, 0.6) is 5.88 Å². The fourth-order valence-electron chi connectivity index (χ4n) is 6.32. The maximum atomic E-state index is 12.5. The Kier molecular flexibility index (Phi) is 6.89. The molecular weight excluding hydrogens is 474 g/mol. The van der Waals surface area contributed by atoms with Crippen LogP contribution in [-0.4, -0.2) is 33.2 Å². The van der Waals surface area contributed by atoms with Crippen LogP contribution >= 0.6 is 11.6 Å². The molecule has 36 heavy (non-hydrogen) atoms. The zero-order valence-corrected chi connectivity index (χ0v) is 21.3. The quantitative estimate of drug-likeness (QED) is 0.354. The summed E-state index contributed by atoms with van der Waals surface area (Å²) < 4.78 is 5.94. The highest BCUT2D eigenvalue weighted by Gasteiger charge is 2.53. The fraction of sp³-hybridized carbons (Fsp3) is 0.414. The third-order valence-electron chi connectivity index (χ3n) is 8.20. The topological polar surface area (TPSA) is 84.3 Å². The van der Waals surface area contributed by atoms with Crippen molar-refractivity contribution in [3.05, 3.63) is 82.8 Å². The van der Waals surface area contributed by atoms with E-state index >= 15 is 0 Å². The molecule has 1 spiro atoms. The Bertz CT molecular complexity index is 1240. The van der Waals surface area contributed by atoms with Crippen LogP contribution in [0.25, 0.3) is 0 Å². The van der Waals surface area contributed by atoms with Crippen molar-refractivity contribution < 1.29 is 14.6 Å². The van der Waals surface area contributed by atoms with Gasteiger partial charge in [0.25, 0.3) is 0 Å². The lowest BCUT2D eigenvalue weighted by atomic mass is 9.60. The van der Waals surface area contributed by atoms with Gasteiger partial charge in [-0.15, -0.1) is 0 Å². The fourth-order valence-corrected chi connectivity index (χ4v) is 6.51. The van der Waals surface area contributed by atoms with Crippen molar-refractivity contribution >= 4 is 23.3 Å². The predicted octanol–water partition coefficient (Wildman–Crippen LogP) is 6.22. The number of hydrogen-bond acceptors (Lipinski definition) is 5. The van der Waals surface area contributed by atoms with Crippen molar-refractivity contribution in [3.8, 4) is 5.88 Å². The number of hydrogen-bond donors (Lipinski definition) is 2. The Balaban J connectivity index is 1.32. The highest BCUT2D eigenvalue weighted by atomic mass is 35.5. The molecule has 2 aromatic carbocycles. The van der Waals surface area contributed by atoms with Crippen LogP contribution in [0.1, 0.15) is 55.2 Å². The summed E-state index contributed by atoms with van der Waals surface area (Å²) in [5.74, 6) is 0.308. The Morgan fingerprint density at radius 1 is 1.17 bits per heavy atom. The molecule has 0 aliphatic heterocycles. The second-order valence-corrected chi connectivity index (χ2v) is 10.7. The molecule has 0 bridgehead atoms. The first-order chi connectivity index (χ1) is 17.4. The summed E-state index contributed by atoms with van der Waals surface area (Å²) in [5.41, 5.74) is 3.50. The minimum atomic E-state index is -0.994. The average molecular weight is 506 g/mol. The van der Waals surface area contributed by atoms with Gasteiger partial charge >= 0.3 is 5.97 Å². The molecule has 0 radical (unpaired) electrons. The lowest BCUT2D eigenvalue weighted by Crippen LogP contribution is -2.53. The summed E-state index contributed by atoms with van der Waals surface area (Å²) in [6.07, 6.45) is 9.06. The molecule has 2 aliphatic carbocycles. The summed E-state index contributed by atoms with van der Waals surface area (Å²) in [5, 5.41) is 14.2. The SMILES string of the molecule is Cc1cncnc1OCCCC1Cc2ccccc2C12CCC(Nc1cccc(Cl)c1)(C(=O)O)CC2. The van der Waals surface area contributed by atoms with E-state index in [0.29, 0.717) is 36.3 Å². The van der Waals surface area contributed by atoms with Crippen LogP contribution in [0.4, 0.5) is 5.69 Å². The van der Waals surface area contributed by atoms with E-state index in [0.717, 1.165) is 43.4 Å². The van der Waals surface area contributed by atoms with Gasteiger partial charge in [-0.25, -0.2) is 14.8 Å². The molecule has 5 rings (SSSR count). The zero-order chi connectivity index (χ0) is 25.2. The van der Waals surface area contributed by atoms with Crippen LogP contribution < -0.4 is 10.1 Å². The maximum absolute atomic E-state index is 12.5. The Morgan fingerprint density at radius 2 is 1.97 bits per heavy atom. The second-order valence-electron chi connectivity index (χ2n) is 10.2. The highest BCUT2D eigenvalue weighted by Crippen LogP contribution is 2.55. The van der Waals surface area contributed by atoms with Gasteiger partial charge in [-0.05, 0) is 92.5 Å². The first kappa shape index (κ1) is 24.6. The van der Waals surface area contributed by atoms with Gasteiger partial charge in [-0.1, -0.05) is 41.9 Å². The maximum Gasteiger partial charge on any atom is 0.329 e. The molecule has 2 aliphatic rings. The summed E-state index contributed by atoms with van der Waals surface area (Å²) in [6.45, 7) is 2.56. The molecule has 188 valence electrons. The number of carbonyl (C=O) groups is 1. The molecule has 0 amide bonds. The van der Waals surface area contributed by atoms with Gasteiger partial charge in [0.05, 0.1) is 6.61 Å². The summed E-state index contributed by atoms with van der Waals surface area (Å²) in [4.78, 5) is 20.8. The van der Waals surface area contributed by atoms with Crippen molar-refractivity contribution in [1.29, 1.82) is 0 Å². The monoisotopic (exact) mass is 505 g/mol. The molecule has 1 atom stereocenters. The number of carboxylic acids is 1. The van der Waals surface area contributed by atoms with Crippen LogP contribution in [0.15, 0.2) is 61.1 Å². The molecule has 6 nitrogen and oxygen atoms in total. The Morgan fingerprint density at radius 3 is 2.72 bits per heavy atom. The number of nitrogens with one attached hydrogen (secondary N) is 1. The largest absolute Gasteiger partial charge is 0.480 e. The molecule has 1 aromatic heterocycles. The van der Waals surface area contributed by atoms with Gasteiger partial charge < -0.3 is 15.2 Å². The van der Waals surface area contributed by atoms with Gasteiger partial charge in [0, 0.05) is 22.5 Å². The predicted molar refractivity (Wildman–Crippen MR) is 141 cm³/mol. The van der Waals surface area contributed by atoms with Gasteiger partial charge in [0.15, 0.2) is 0 Å². The lowest BCUT2D eigenvalue weighted by molar-refractivity contribution is -0.144. The summed E-state index contributed by atoms with van der Waals surface area (Å²) in [6, 6.07) is 16.0. The third-order valence-corrected chi connectivity index (χ3v) is 8.43. The Hall–Kier alpha value is -3.12. The van der Waals surface area contributed by atoms with Gasteiger partial charge in [0.2, 0.25) is 5.88 Å². The third kappa shape index (κ3) is 4.66.